The van der Waals surface area contributed by atoms with Crippen molar-refractivity contribution in [2.75, 3.05) is 0 Å². The zero-order valence-electron chi connectivity index (χ0n) is 19.2. The second-order valence-corrected chi connectivity index (χ2v) is 38.4. The van der Waals surface area contributed by atoms with E-state index in [1.807, 2.05) is 6.56 Å². The van der Waals surface area contributed by atoms with E-state index in [-0.39, 0.29) is 24.8 Å². The SMILES string of the molecule is CCCC1=CC(CCC)=[C]([Zr]([CH3])([CH3])(=[SiH2])[C]2=C(CCC)C=C(CCC)C2)C1.Cl.Cl. The molecule has 0 amide bonds. The van der Waals surface area contributed by atoms with Crippen LogP contribution in [0.1, 0.15) is 91.9 Å². The Balaban J connectivity index is 0.00000364. The third-order valence-corrected chi connectivity index (χ3v) is 23.5. The summed E-state index contributed by atoms with van der Waals surface area (Å²) in [6, 6.07) is 0. The molecule has 0 bridgehead atoms. The molecular formula is C24H44Cl2SiZr. The molecule has 2 aliphatic carbocycles. The molecule has 2 rings (SSSR count). The van der Waals surface area contributed by atoms with Gasteiger partial charge in [-0.25, -0.2) is 0 Å². The fraction of sp³-hybridized carbons (Fsp3) is 0.667. The van der Waals surface area contributed by atoms with Gasteiger partial charge in [0, 0.05) is 0 Å². The summed E-state index contributed by atoms with van der Waals surface area (Å²) in [5.74, 6) is 0. The zero-order chi connectivity index (χ0) is 19.4. The van der Waals surface area contributed by atoms with Crippen molar-refractivity contribution in [2.45, 2.75) is 101 Å². The molecule has 0 aromatic carbocycles. The van der Waals surface area contributed by atoms with Crippen molar-refractivity contribution in [1.29, 1.82) is 0 Å². The van der Waals surface area contributed by atoms with Crippen LogP contribution in [0.3, 0.4) is 0 Å². The van der Waals surface area contributed by atoms with Gasteiger partial charge in [-0.3, -0.25) is 0 Å². The number of halogens is 2. The smallest absolute Gasteiger partial charge is 0.147 e. The van der Waals surface area contributed by atoms with Crippen molar-refractivity contribution in [3.05, 3.63) is 41.0 Å². The van der Waals surface area contributed by atoms with Crippen molar-refractivity contribution in [3.63, 3.8) is 0 Å². The fourth-order valence-corrected chi connectivity index (χ4v) is 20.2. The fourth-order valence-electron chi connectivity index (χ4n) is 5.18. The number of rotatable bonds is 10. The normalized spacial score (nSPS) is 17.4. The Kier molecular flexibility index (Phi) is 12.1. The molecule has 0 nitrogen and oxygen atoms in total. The maximum Gasteiger partial charge on any atom is -0.147 e. The summed E-state index contributed by atoms with van der Waals surface area (Å²) in [4.78, 5) is 0. The molecule has 0 fully saturated rings. The molecule has 0 aromatic rings. The van der Waals surface area contributed by atoms with E-state index in [9.17, 15) is 0 Å². The van der Waals surface area contributed by atoms with Crippen molar-refractivity contribution in [1.82, 2.24) is 0 Å². The van der Waals surface area contributed by atoms with E-state index in [0.29, 0.717) is 0 Å². The number of hydrogen-bond donors (Lipinski definition) is 0. The van der Waals surface area contributed by atoms with Gasteiger partial charge in [-0.2, -0.15) is 0 Å². The topological polar surface area (TPSA) is 0 Å². The first kappa shape index (κ1) is 28.6. The third-order valence-electron chi connectivity index (χ3n) is 6.46. The number of allylic oxidation sites excluding steroid dienone is 8. The molecule has 0 spiro atoms. The Bertz CT molecular complexity index is 676. The molecule has 0 saturated carbocycles. The van der Waals surface area contributed by atoms with E-state index in [4.69, 9.17) is 0 Å². The first-order valence-electron chi connectivity index (χ1n) is 11.2. The summed E-state index contributed by atoms with van der Waals surface area (Å²) in [7, 11) is 0. The van der Waals surface area contributed by atoms with Crippen LogP contribution in [0.15, 0.2) is 41.0 Å². The summed E-state index contributed by atoms with van der Waals surface area (Å²) in [6.45, 7) is 11.8. The molecule has 0 saturated heterocycles. The second-order valence-electron chi connectivity index (χ2n) is 9.65. The summed E-state index contributed by atoms with van der Waals surface area (Å²) in [5.41, 5.74) is 6.93. The largest absolute Gasteiger partial charge is 0.147 e. The zero-order valence-corrected chi connectivity index (χ0v) is 24.8. The van der Waals surface area contributed by atoms with Crippen molar-refractivity contribution in [3.8, 4) is 0 Å². The van der Waals surface area contributed by atoms with Crippen LogP contribution in [0.25, 0.3) is 0 Å². The molecule has 0 N–H and O–H groups in total. The van der Waals surface area contributed by atoms with Crippen LogP contribution in [-0.4, -0.2) is 6.88 Å². The molecule has 0 radical (unpaired) electrons. The van der Waals surface area contributed by atoms with Gasteiger partial charge in [-0.1, -0.05) is 0 Å². The Morgan fingerprint density at radius 1 is 0.679 bits per heavy atom. The molecular weight excluding hydrogens is 478 g/mol. The van der Waals surface area contributed by atoms with E-state index in [0.717, 1.165) is 0 Å². The standard InChI is InChI=1S/2C11H17.2CH3.2ClH.H2Si.Zr/c2*1-3-5-10-7-8-11(9-10)6-4-2;;;;;;/h2*9H,3-7H2,1-2H3;2*1H3;2*1H;1H2;. The minimum Gasteiger partial charge on any atom is -0.147 e. The van der Waals surface area contributed by atoms with E-state index in [1.54, 1.807) is 22.3 Å². The molecule has 0 heterocycles. The summed E-state index contributed by atoms with van der Waals surface area (Å²) >= 11 is -3.06. The van der Waals surface area contributed by atoms with Gasteiger partial charge in [0.25, 0.3) is 0 Å². The second kappa shape index (κ2) is 11.9. The van der Waals surface area contributed by atoms with Crippen LogP contribution < -0.4 is 0 Å². The first-order valence-corrected chi connectivity index (χ1v) is 24.5. The third kappa shape index (κ3) is 6.32. The quantitative estimate of drug-likeness (QED) is 0.252. The van der Waals surface area contributed by atoms with Gasteiger partial charge in [0.05, 0.1) is 0 Å². The van der Waals surface area contributed by atoms with Crippen molar-refractivity contribution >= 4 is 31.7 Å². The Morgan fingerprint density at radius 3 is 1.29 bits per heavy atom. The van der Waals surface area contributed by atoms with Gasteiger partial charge in [0.2, 0.25) is 0 Å². The van der Waals surface area contributed by atoms with E-state index in [1.165, 1.54) is 64.2 Å². The molecule has 0 unspecified atom stereocenters. The Morgan fingerprint density at radius 2 is 1.00 bits per heavy atom. The minimum absolute atomic E-state index is 0. The molecule has 0 aliphatic heterocycles. The van der Waals surface area contributed by atoms with Crippen LogP contribution in [0.5, 0.6) is 0 Å². The van der Waals surface area contributed by atoms with E-state index in [2.05, 4.69) is 56.0 Å². The van der Waals surface area contributed by atoms with Crippen LogP contribution in [0.4, 0.5) is 0 Å². The van der Waals surface area contributed by atoms with E-state index < -0.39 is 17.4 Å². The van der Waals surface area contributed by atoms with Crippen molar-refractivity contribution in [2.24, 2.45) is 0 Å². The van der Waals surface area contributed by atoms with Gasteiger partial charge in [0.1, 0.15) is 0 Å². The summed E-state index contributed by atoms with van der Waals surface area (Å²) in [6.07, 6.45) is 18.1. The molecule has 162 valence electrons. The van der Waals surface area contributed by atoms with Gasteiger partial charge in [0.15, 0.2) is 0 Å². The maximum atomic E-state index is 2.75. The van der Waals surface area contributed by atoms with Crippen LogP contribution >= 0.6 is 24.8 Å². The molecule has 2 aliphatic rings. The monoisotopic (exact) mass is 520 g/mol. The average molecular weight is 523 g/mol. The van der Waals surface area contributed by atoms with Crippen LogP contribution in [0, 0.1) is 0 Å². The van der Waals surface area contributed by atoms with Gasteiger partial charge in [-0.05, 0) is 0 Å². The molecule has 28 heavy (non-hydrogen) atoms. The minimum atomic E-state index is -3.06. The maximum absolute atomic E-state index is 3.06. The van der Waals surface area contributed by atoms with Gasteiger partial charge in [-0.15, -0.1) is 24.8 Å². The summed E-state index contributed by atoms with van der Waals surface area (Å²) < 4.78 is 9.37. The average Bonchev–Trinajstić information content (AvgIpc) is 3.14. The van der Waals surface area contributed by atoms with Gasteiger partial charge < -0.3 is 0 Å². The molecule has 4 heteroatoms. The molecule has 0 atom stereocenters. The summed E-state index contributed by atoms with van der Waals surface area (Å²) in [5, 5.41) is 0. The van der Waals surface area contributed by atoms with Crippen LogP contribution in [0.2, 0.25) is 9.26 Å². The predicted molar refractivity (Wildman–Crippen MR) is 134 cm³/mol. The first-order chi connectivity index (χ1) is 12.3. The van der Waals surface area contributed by atoms with E-state index >= 15 is 0 Å². The van der Waals surface area contributed by atoms with Crippen molar-refractivity contribution < 1.29 is 17.4 Å². The Hall–Kier alpha value is 0.640. The van der Waals surface area contributed by atoms with Gasteiger partial charge >= 0.3 is 166 Å². The molecule has 0 aromatic heterocycles. The number of hydrogen-bond acceptors (Lipinski definition) is 0. The Labute approximate surface area is 190 Å². The predicted octanol–water partition coefficient (Wildman–Crippen LogP) is 8.53. The van der Waals surface area contributed by atoms with Crippen LogP contribution in [-0.2, 0) is 17.4 Å².